The lowest BCUT2D eigenvalue weighted by molar-refractivity contribution is 0.414. The van der Waals surface area contributed by atoms with Crippen molar-refractivity contribution in [3.8, 4) is 22.0 Å². The van der Waals surface area contributed by atoms with E-state index in [4.69, 9.17) is 17.0 Å². The molecule has 0 unspecified atom stereocenters. The summed E-state index contributed by atoms with van der Waals surface area (Å²) in [6, 6.07) is 11.9. The van der Waals surface area contributed by atoms with E-state index < -0.39 is 0 Å². The largest absolute Gasteiger partial charge is 0.497 e. The smallest absolute Gasteiger partial charge is 0.182 e. The highest BCUT2D eigenvalue weighted by molar-refractivity contribution is 9.11. The second-order valence-corrected chi connectivity index (χ2v) is 6.99. The molecule has 3 rings (SSSR count). The normalized spacial score (nSPS) is 10.7. The molecule has 6 heteroatoms. The molecule has 0 amide bonds. The van der Waals surface area contributed by atoms with Crippen LogP contribution in [0.4, 0.5) is 0 Å². The molecule has 0 aliphatic rings. The number of hydrogen-bond acceptors (Lipinski definition) is 3. The molecule has 0 aliphatic carbocycles. The van der Waals surface area contributed by atoms with Crippen molar-refractivity contribution >= 4 is 39.5 Å². The molecule has 0 spiro atoms. The molecule has 0 atom stereocenters. The number of nitrogens with zero attached hydrogens (tertiary/aromatic N) is 1. The van der Waals surface area contributed by atoms with E-state index in [1.165, 1.54) is 0 Å². The third-order valence-electron chi connectivity index (χ3n) is 2.91. The number of ether oxygens (including phenoxy) is 1. The van der Waals surface area contributed by atoms with Gasteiger partial charge in [0, 0.05) is 11.9 Å². The van der Waals surface area contributed by atoms with E-state index in [0.717, 1.165) is 25.8 Å². The Kier molecular flexibility index (Phi) is 3.78. The summed E-state index contributed by atoms with van der Waals surface area (Å²) in [6.45, 7) is 0. The van der Waals surface area contributed by atoms with Gasteiger partial charge >= 0.3 is 0 Å². The van der Waals surface area contributed by atoms with E-state index in [0.29, 0.717) is 4.77 Å². The van der Waals surface area contributed by atoms with Gasteiger partial charge in [-0.3, -0.25) is 4.57 Å². The van der Waals surface area contributed by atoms with Crippen molar-refractivity contribution < 1.29 is 4.74 Å². The first kappa shape index (κ1) is 13.6. The molecular formula is C14H11BrN2OS2. The molecule has 2 aromatic heterocycles. The molecule has 0 radical (unpaired) electrons. The maximum atomic E-state index is 5.39. The fraction of sp³-hybridized carbons (Fsp3) is 0.0714. The van der Waals surface area contributed by atoms with Crippen LogP contribution in [0.1, 0.15) is 0 Å². The van der Waals surface area contributed by atoms with Crippen LogP contribution in [0.3, 0.4) is 0 Å². The highest BCUT2D eigenvalue weighted by atomic mass is 79.9. The van der Waals surface area contributed by atoms with Gasteiger partial charge in [-0.2, -0.15) is 0 Å². The molecule has 0 aliphatic heterocycles. The van der Waals surface area contributed by atoms with Crippen LogP contribution >= 0.6 is 39.5 Å². The molecule has 1 N–H and O–H groups in total. The van der Waals surface area contributed by atoms with E-state index >= 15 is 0 Å². The molecule has 3 nitrogen and oxygen atoms in total. The predicted octanol–water partition coefficient (Wildman–Crippen LogP) is 5.03. The van der Waals surface area contributed by atoms with Crippen molar-refractivity contribution in [3.05, 3.63) is 51.2 Å². The molecule has 1 aromatic carbocycles. The maximum Gasteiger partial charge on any atom is 0.182 e. The lowest BCUT2D eigenvalue weighted by atomic mass is 10.3. The van der Waals surface area contributed by atoms with Crippen molar-refractivity contribution in [3.63, 3.8) is 0 Å². The fourth-order valence-corrected chi connectivity index (χ4v) is 3.53. The summed E-state index contributed by atoms with van der Waals surface area (Å²) in [6.07, 6.45) is 2.02. The lowest BCUT2D eigenvalue weighted by Gasteiger charge is -2.03. The first-order valence-corrected chi connectivity index (χ1v) is 7.91. The van der Waals surface area contributed by atoms with Crippen LogP contribution in [0.2, 0.25) is 0 Å². The predicted molar refractivity (Wildman–Crippen MR) is 88.5 cm³/mol. The van der Waals surface area contributed by atoms with E-state index in [9.17, 15) is 0 Å². The molecule has 20 heavy (non-hydrogen) atoms. The Balaban J connectivity index is 2.02. The van der Waals surface area contributed by atoms with E-state index in [-0.39, 0.29) is 0 Å². The number of hydrogen-bond donors (Lipinski definition) is 1. The number of rotatable bonds is 3. The van der Waals surface area contributed by atoms with Crippen LogP contribution in [-0.2, 0) is 0 Å². The number of benzene rings is 1. The number of thiophene rings is 1. The van der Waals surface area contributed by atoms with Gasteiger partial charge in [-0.1, -0.05) is 0 Å². The number of imidazole rings is 1. The summed E-state index contributed by atoms with van der Waals surface area (Å²) in [5.74, 6) is 0.832. The van der Waals surface area contributed by atoms with Crippen molar-refractivity contribution in [1.29, 1.82) is 0 Å². The average molecular weight is 367 g/mol. The molecule has 0 bridgehead atoms. The second kappa shape index (κ2) is 5.55. The number of nitrogens with one attached hydrogen (secondary N) is 1. The Morgan fingerprint density at radius 2 is 1.95 bits per heavy atom. The van der Waals surface area contributed by atoms with Gasteiger partial charge in [0.15, 0.2) is 4.77 Å². The minimum atomic E-state index is 0.676. The number of aromatic nitrogens is 2. The molecular weight excluding hydrogens is 356 g/mol. The van der Waals surface area contributed by atoms with Crippen molar-refractivity contribution in [2.75, 3.05) is 7.11 Å². The first-order chi connectivity index (χ1) is 9.67. The Bertz CT molecular complexity index is 786. The van der Waals surface area contributed by atoms with Crippen LogP contribution in [0.25, 0.3) is 16.3 Å². The van der Waals surface area contributed by atoms with Gasteiger partial charge in [-0.25, -0.2) is 0 Å². The van der Waals surface area contributed by atoms with E-state index in [2.05, 4.69) is 27.0 Å². The topological polar surface area (TPSA) is 29.9 Å². The van der Waals surface area contributed by atoms with Crippen LogP contribution in [-0.4, -0.2) is 16.7 Å². The van der Waals surface area contributed by atoms with E-state index in [1.54, 1.807) is 18.4 Å². The Labute approximate surface area is 134 Å². The summed E-state index contributed by atoms with van der Waals surface area (Å²) in [4.78, 5) is 4.39. The van der Waals surface area contributed by atoms with Crippen molar-refractivity contribution in [2.45, 2.75) is 0 Å². The summed E-state index contributed by atoms with van der Waals surface area (Å²) < 4.78 is 8.90. The number of methoxy groups -OCH3 is 1. The zero-order chi connectivity index (χ0) is 14.1. The zero-order valence-electron chi connectivity index (χ0n) is 10.6. The van der Waals surface area contributed by atoms with Crippen LogP contribution < -0.4 is 4.74 Å². The third kappa shape index (κ3) is 2.59. The van der Waals surface area contributed by atoms with Crippen LogP contribution in [0, 0.1) is 4.77 Å². The lowest BCUT2D eigenvalue weighted by Crippen LogP contribution is -1.92. The Hall–Kier alpha value is -1.37. The van der Waals surface area contributed by atoms with Gasteiger partial charge in [0.1, 0.15) is 5.75 Å². The third-order valence-corrected chi connectivity index (χ3v) is 4.86. The maximum absolute atomic E-state index is 5.39. The van der Waals surface area contributed by atoms with Crippen LogP contribution in [0.15, 0.2) is 46.4 Å². The molecule has 102 valence electrons. The molecule has 0 saturated carbocycles. The SMILES string of the molecule is COc1ccc(-n2cc(-c3ccc(Br)s3)[nH]c2=S)cc1. The van der Waals surface area contributed by atoms with Crippen LogP contribution in [0.5, 0.6) is 5.75 Å². The minimum Gasteiger partial charge on any atom is -0.497 e. The molecule has 0 fully saturated rings. The second-order valence-electron chi connectivity index (χ2n) is 4.14. The average Bonchev–Trinajstić information content (AvgIpc) is 3.05. The molecule has 2 heterocycles. The zero-order valence-corrected chi connectivity index (χ0v) is 13.8. The number of halogens is 1. The number of H-pyrrole nitrogens is 1. The standard InChI is InChI=1S/C14H11BrN2OS2/c1-18-10-4-2-9(3-5-10)17-8-11(16-14(17)19)12-6-7-13(15)20-12/h2-8H,1H3,(H,16,19). The van der Waals surface area contributed by atoms with Gasteiger partial charge in [0.05, 0.1) is 21.5 Å². The van der Waals surface area contributed by atoms with Crippen molar-refractivity contribution in [2.24, 2.45) is 0 Å². The van der Waals surface area contributed by atoms with E-state index in [1.807, 2.05) is 41.1 Å². The van der Waals surface area contributed by atoms with Crippen molar-refractivity contribution in [1.82, 2.24) is 9.55 Å². The molecule has 3 aromatic rings. The highest BCUT2D eigenvalue weighted by Gasteiger charge is 2.07. The minimum absolute atomic E-state index is 0.676. The summed E-state index contributed by atoms with van der Waals surface area (Å²) in [7, 11) is 1.66. The van der Waals surface area contributed by atoms with Gasteiger partial charge in [0.25, 0.3) is 0 Å². The van der Waals surface area contributed by atoms with Gasteiger partial charge in [0.2, 0.25) is 0 Å². The quantitative estimate of drug-likeness (QED) is 0.658. The monoisotopic (exact) mass is 366 g/mol. The Morgan fingerprint density at radius 3 is 2.55 bits per heavy atom. The van der Waals surface area contributed by atoms with Gasteiger partial charge < -0.3 is 9.72 Å². The highest BCUT2D eigenvalue weighted by Crippen LogP contribution is 2.31. The fourth-order valence-electron chi connectivity index (χ4n) is 1.91. The summed E-state index contributed by atoms with van der Waals surface area (Å²) in [5, 5.41) is 0. The van der Waals surface area contributed by atoms with Gasteiger partial charge in [-0.15, -0.1) is 11.3 Å². The van der Waals surface area contributed by atoms with Gasteiger partial charge in [-0.05, 0) is 64.5 Å². The summed E-state index contributed by atoms with van der Waals surface area (Å²) >= 11 is 10.5. The Morgan fingerprint density at radius 1 is 1.20 bits per heavy atom. The number of aromatic amines is 1. The molecule has 0 saturated heterocycles. The summed E-state index contributed by atoms with van der Waals surface area (Å²) in [5.41, 5.74) is 2.02. The first-order valence-electron chi connectivity index (χ1n) is 5.89.